The molecule has 6 nitrogen and oxygen atoms in total. The minimum absolute atomic E-state index is 0.320. The number of pyridine rings is 1. The Labute approximate surface area is 148 Å². The average Bonchev–Trinajstić information content (AvgIpc) is 2.64. The number of nitrogens with two attached hydrogens (primary N) is 1. The summed E-state index contributed by atoms with van der Waals surface area (Å²) in [7, 11) is 0. The first-order valence-corrected chi connectivity index (χ1v) is 9.21. The zero-order valence-electron chi connectivity index (χ0n) is 14.5. The summed E-state index contributed by atoms with van der Waals surface area (Å²) in [4.78, 5) is 15.4. The fourth-order valence-electron chi connectivity index (χ4n) is 3.76. The minimum atomic E-state index is 0.320. The van der Waals surface area contributed by atoms with Crippen molar-refractivity contribution in [1.29, 1.82) is 0 Å². The Morgan fingerprint density at radius 2 is 2.08 bits per heavy atom. The van der Waals surface area contributed by atoms with Crippen molar-refractivity contribution in [2.24, 2.45) is 0 Å². The third-order valence-electron chi connectivity index (χ3n) is 5.11. The van der Waals surface area contributed by atoms with Gasteiger partial charge >= 0.3 is 0 Å². The molecule has 0 radical (unpaired) electrons. The van der Waals surface area contributed by atoms with Crippen LogP contribution in [-0.4, -0.2) is 32.5 Å². The van der Waals surface area contributed by atoms with Crippen LogP contribution >= 0.6 is 0 Å². The topological polar surface area (TPSA) is 77.2 Å². The Balaban J connectivity index is 1.45. The van der Waals surface area contributed by atoms with Gasteiger partial charge < -0.3 is 10.5 Å². The molecule has 4 rings (SSSR count). The second-order valence-corrected chi connectivity index (χ2v) is 7.01. The molecular formula is C19H25N5O. The van der Waals surface area contributed by atoms with Crippen LogP contribution in [0.4, 0.5) is 5.95 Å². The smallest absolute Gasteiger partial charge is 0.220 e. The van der Waals surface area contributed by atoms with Gasteiger partial charge in [0.05, 0.1) is 5.69 Å². The van der Waals surface area contributed by atoms with Crippen molar-refractivity contribution in [3.8, 4) is 5.88 Å². The predicted molar refractivity (Wildman–Crippen MR) is 96.0 cm³/mol. The SMILES string of the molecule is Nc1ncc2c(n1)CCN(Cc1cccnc1OC1CCCCC1)C2. The van der Waals surface area contributed by atoms with Crippen LogP contribution in [0.1, 0.15) is 48.9 Å². The third kappa shape index (κ3) is 3.90. The Hall–Kier alpha value is -2.21. The maximum Gasteiger partial charge on any atom is 0.220 e. The maximum absolute atomic E-state index is 6.23. The fraction of sp³-hybridized carbons (Fsp3) is 0.526. The number of hydrogen-bond donors (Lipinski definition) is 1. The Morgan fingerprint density at radius 3 is 2.96 bits per heavy atom. The van der Waals surface area contributed by atoms with Gasteiger partial charge in [-0.05, 0) is 31.7 Å². The largest absolute Gasteiger partial charge is 0.474 e. The molecule has 1 fully saturated rings. The highest BCUT2D eigenvalue weighted by atomic mass is 16.5. The van der Waals surface area contributed by atoms with Crippen LogP contribution in [-0.2, 0) is 19.5 Å². The molecule has 132 valence electrons. The lowest BCUT2D eigenvalue weighted by Crippen LogP contribution is -2.31. The van der Waals surface area contributed by atoms with Crippen LogP contribution in [0.5, 0.6) is 5.88 Å². The van der Waals surface area contributed by atoms with Crippen molar-refractivity contribution < 1.29 is 4.74 Å². The van der Waals surface area contributed by atoms with Crippen molar-refractivity contribution in [3.63, 3.8) is 0 Å². The van der Waals surface area contributed by atoms with E-state index in [4.69, 9.17) is 10.5 Å². The van der Waals surface area contributed by atoms with E-state index < -0.39 is 0 Å². The summed E-state index contributed by atoms with van der Waals surface area (Å²) in [6.07, 6.45) is 11.0. The van der Waals surface area contributed by atoms with E-state index in [0.717, 1.165) is 56.0 Å². The maximum atomic E-state index is 6.23. The number of aromatic nitrogens is 3. The number of anilines is 1. The Kier molecular flexibility index (Phi) is 4.78. The lowest BCUT2D eigenvalue weighted by Gasteiger charge is -2.29. The lowest BCUT2D eigenvalue weighted by molar-refractivity contribution is 0.143. The first-order chi connectivity index (χ1) is 12.3. The first kappa shape index (κ1) is 16.3. The Morgan fingerprint density at radius 1 is 1.20 bits per heavy atom. The standard InChI is InChI=1S/C19H25N5O/c20-19-22-11-15-13-24(10-8-17(15)23-19)12-14-5-4-9-21-18(14)25-16-6-2-1-3-7-16/h4-5,9,11,16H,1-3,6-8,10,12-13H2,(H2,20,22,23). The minimum Gasteiger partial charge on any atom is -0.474 e. The van der Waals surface area contributed by atoms with Crippen LogP contribution in [0, 0.1) is 0 Å². The number of hydrogen-bond acceptors (Lipinski definition) is 6. The number of rotatable bonds is 4. The van der Waals surface area contributed by atoms with Gasteiger partial charge in [-0.2, -0.15) is 0 Å². The first-order valence-electron chi connectivity index (χ1n) is 9.21. The highest BCUT2D eigenvalue weighted by molar-refractivity contribution is 5.29. The van der Waals surface area contributed by atoms with Crippen molar-refractivity contribution in [1.82, 2.24) is 19.9 Å². The van der Waals surface area contributed by atoms with Crippen LogP contribution in [0.25, 0.3) is 0 Å². The molecule has 2 N–H and O–H groups in total. The molecule has 0 spiro atoms. The van der Waals surface area contributed by atoms with Crippen molar-refractivity contribution in [3.05, 3.63) is 41.3 Å². The zero-order chi connectivity index (χ0) is 17.1. The second-order valence-electron chi connectivity index (χ2n) is 7.01. The quantitative estimate of drug-likeness (QED) is 0.923. The van der Waals surface area contributed by atoms with E-state index in [-0.39, 0.29) is 0 Å². The Bertz CT molecular complexity index is 730. The molecular weight excluding hydrogens is 314 g/mol. The molecule has 3 heterocycles. The molecule has 0 amide bonds. The van der Waals surface area contributed by atoms with Gasteiger partial charge in [-0.25, -0.2) is 15.0 Å². The summed E-state index contributed by atoms with van der Waals surface area (Å²) in [5, 5.41) is 0. The molecule has 1 aliphatic carbocycles. The van der Waals surface area contributed by atoms with Crippen LogP contribution in [0.3, 0.4) is 0 Å². The van der Waals surface area contributed by atoms with E-state index >= 15 is 0 Å². The molecule has 1 aliphatic heterocycles. The molecule has 2 aliphatic rings. The number of ether oxygens (including phenoxy) is 1. The highest BCUT2D eigenvalue weighted by Crippen LogP contribution is 2.26. The molecule has 0 unspecified atom stereocenters. The van der Waals surface area contributed by atoms with Gasteiger partial charge in [0.2, 0.25) is 11.8 Å². The number of nitrogen functional groups attached to an aromatic ring is 1. The summed E-state index contributed by atoms with van der Waals surface area (Å²) in [5.74, 6) is 1.16. The van der Waals surface area contributed by atoms with E-state index in [1.165, 1.54) is 24.8 Å². The molecule has 6 heteroatoms. The molecule has 0 aromatic carbocycles. The average molecular weight is 339 g/mol. The molecule has 2 aromatic heterocycles. The van der Waals surface area contributed by atoms with E-state index in [9.17, 15) is 0 Å². The van der Waals surface area contributed by atoms with Gasteiger partial charge in [0, 0.05) is 49.6 Å². The van der Waals surface area contributed by atoms with Crippen LogP contribution < -0.4 is 10.5 Å². The zero-order valence-corrected chi connectivity index (χ0v) is 14.5. The molecule has 2 aromatic rings. The second kappa shape index (κ2) is 7.35. The summed E-state index contributed by atoms with van der Waals surface area (Å²) >= 11 is 0. The number of nitrogens with zero attached hydrogens (tertiary/aromatic N) is 4. The van der Waals surface area contributed by atoms with Gasteiger partial charge in [-0.1, -0.05) is 12.5 Å². The van der Waals surface area contributed by atoms with Gasteiger partial charge in [0.25, 0.3) is 0 Å². The van der Waals surface area contributed by atoms with E-state index in [1.807, 2.05) is 18.5 Å². The van der Waals surface area contributed by atoms with E-state index in [1.54, 1.807) is 0 Å². The predicted octanol–water partition coefficient (Wildman–Crippen LogP) is 2.72. The fourth-order valence-corrected chi connectivity index (χ4v) is 3.76. The third-order valence-corrected chi connectivity index (χ3v) is 5.11. The van der Waals surface area contributed by atoms with Gasteiger partial charge in [-0.15, -0.1) is 0 Å². The summed E-state index contributed by atoms with van der Waals surface area (Å²) in [6.45, 7) is 2.63. The monoisotopic (exact) mass is 339 g/mol. The van der Waals surface area contributed by atoms with Crippen LogP contribution in [0.2, 0.25) is 0 Å². The molecule has 25 heavy (non-hydrogen) atoms. The van der Waals surface area contributed by atoms with Gasteiger partial charge in [-0.3, -0.25) is 4.90 Å². The normalized spacial score (nSPS) is 18.7. The van der Waals surface area contributed by atoms with Gasteiger partial charge in [0.1, 0.15) is 6.10 Å². The number of fused-ring (bicyclic) bond motifs is 1. The summed E-state index contributed by atoms with van der Waals surface area (Å²) in [6, 6.07) is 4.12. The lowest BCUT2D eigenvalue weighted by atomic mass is 9.98. The summed E-state index contributed by atoms with van der Waals surface area (Å²) in [5.41, 5.74) is 9.09. The molecule has 0 bridgehead atoms. The van der Waals surface area contributed by atoms with Gasteiger partial charge in [0.15, 0.2) is 0 Å². The summed E-state index contributed by atoms with van der Waals surface area (Å²) < 4.78 is 6.23. The molecule has 0 atom stereocenters. The van der Waals surface area contributed by atoms with Crippen molar-refractivity contribution >= 4 is 5.95 Å². The van der Waals surface area contributed by atoms with E-state index in [0.29, 0.717) is 12.1 Å². The highest BCUT2D eigenvalue weighted by Gasteiger charge is 2.21. The molecule has 0 saturated heterocycles. The molecule has 1 saturated carbocycles. The van der Waals surface area contributed by atoms with E-state index in [2.05, 4.69) is 25.9 Å². The van der Waals surface area contributed by atoms with Crippen molar-refractivity contribution in [2.75, 3.05) is 12.3 Å². The van der Waals surface area contributed by atoms with Crippen molar-refractivity contribution in [2.45, 2.75) is 57.7 Å². The van der Waals surface area contributed by atoms with Crippen LogP contribution in [0.15, 0.2) is 24.5 Å².